The van der Waals surface area contributed by atoms with E-state index >= 15 is 0 Å². The Bertz CT molecular complexity index is 635. The van der Waals surface area contributed by atoms with Gasteiger partial charge in [0.25, 0.3) is 0 Å². The summed E-state index contributed by atoms with van der Waals surface area (Å²) in [6.45, 7) is 6.13. The SMILES string of the molecule is Cc1c([NH3+])cccc1CCc1ccc(C(C)C)cc1OCO. The predicted octanol–water partition coefficient (Wildman–Crippen LogP) is 3.11. The van der Waals surface area contributed by atoms with Gasteiger partial charge < -0.3 is 15.6 Å². The van der Waals surface area contributed by atoms with E-state index in [0.717, 1.165) is 29.8 Å². The monoisotopic (exact) mass is 300 g/mol. The van der Waals surface area contributed by atoms with Crippen LogP contribution in [0.1, 0.15) is 42.0 Å². The summed E-state index contributed by atoms with van der Waals surface area (Å²) in [5, 5.41) is 9.11. The Labute approximate surface area is 132 Å². The molecule has 22 heavy (non-hydrogen) atoms. The van der Waals surface area contributed by atoms with Gasteiger partial charge in [0.2, 0.25) is 0 Å². The first-order chi connectivity index (χ1) is 10.5. The Morgan fingerprint density at radius 2 is 1.82 bits per heavy atom. The van der Waals surface area contributed by atoms with Crippen LogP contribution in [0.25, 0.3) is 0 Å². The molecule has 0 spiro atoms. The first-order valence-corrected chi connectivity index (χ1v) is 7.80. The van der Waals surface area contributed by atoms with E-state index in [2.05, 4.69) is 50.8 Å². The fourth-order valence-electron chi connectivity index (χ4n) is 2.62. The van der Waals surface area contributed by atoms with Crippen LogP contribution < -0.4 is 10.5 Å². The maximum atomic E-state index is 9.11. The Balaban J connectivity index is 2.19. The largest absolute Gasteiger partial charge is 0.467 e. The van der Waals surface area contributed by atoms with Crippen molar-refractivity contribution < 1.29 is 15.6 Å². The number of hydrogen-bond donors (Lipinski definition) is 2. The number of rotatable bonds is 6. The highest BCUT2D eigenvalue weighted by molar-refractivity contribution is 5.44. The van der Waals surface area contributed by atoms with Crippen LogP contribution in [0.3, 0.4) is 0 Å². The summed E-state index contributed by atoms with van der Waals surface area (Å²) in [5.74, 6) is 1.23. The topological polar surface area (TPSA) is 57.1 Å². The second-order valence-electron chi connectivity index (χ2n) is 6.00. The van der Waals surface area contributed by atoms with Crippen LogP contribution in [0.2, 0.25) is 0 Å². The second kappa shape index (κ2) is 7.43. The van der Waals surface area contributed by atoms with Gasteiger partial charge in [-0.2, -0.15) is 0 Å². The van der Waals surface area contributed by atoms with Crippen LogP contribution in [-0.4, -0.2) is 11.9 Å². The molecule has 0 fully saturated rings. The maximum absolute atomic E-state index is 9.11. The summed E-state index contributed by atoms with van der Waals surface area (Å²) >= 11 is 0. The van der Waals surface area contributed by atoms with Crippen LogP contribution in [0.5, 0.6) is 5.75 Å². The Hall–Kier alpha value is -1.84. The first-order valence-electron chi connectivity index (χ1n) is 7.80. The zero-order valence-electron chi connectivity index (χ0n) is 13.7. The molecule has 0 bridgehead atoms. The lowest BCUT2D eigenvalue weighted by Gasteiger charge is -2.14. The lowest BCUT2D eigenvalue weighted by atomic mass is 9.96. The molecule has 0 radical (unpaired) electrons. The van der Waals surface area contributed by atoms with Gasteiger partial charge in [0.1, 0.15) is 11.4 Å². The summed E-state index contributed by atoms with van der Waals surface area (Å²) in [5.41, 5.74) is 10.1. The van der Waals surface area contributed by atoms with Gasteiger partial charge in [0.05, 0.1) is 0 Å². The average molecular weight is 300 g/mol. The standard InChI is InChI=1S/C19H25NO2/c1-13(2)17-10-9-16(19(11-17)22-12-21)8-7-15-5-4-6-18(20)14(15)3/h4-6,9-11,13,21H,7-8,12,20H2,1-3H3/p+1. The van der Waals surface area contributed by atoms with E-state index in [4.69, 9.17) is 9.84 Å². The third-order valence-electron chi connectivity index (χ3n) is 4.20. The van der Waals surface area contributed by atoms with Gasteiger partial charge in [0.15, 0.2) is 6.79 Å². The van der Waals surface area contributed by atoms with Gasteiger partial charge in [-0.3, -0.25) is 0 Å². The van der Waals surface area contributed by atoms with Crippen LogP contribution in [0, 0.1) is 6.92 Å². The molecule has 0 atom stereocenters. The zero-order chi connectivity index (χ0) is 16.1. The zero-order valence-corrected chi connectivity index (χ0v) is 13.7. The van der Waals surface area contributed by atoms with Crippen molar-refractivity contribution in [2.24, 2.45) is 0 Å². The fraction of sp³-hybridized carbons (Fsp3) is 0.368. The summed E-state index contributed by atoms with van der Waals surface area (Å²) in [6, 6.07) is 12.5. The molecule has 118 valence electrons. The lowest BCUT2D eigenvalue weighted by Crippen LogP contribution is -2.41. The van der Waals surface area contributed by atoms with Crippen molar-refractivity contribution in [3.05, 3.63) is 58.7 Å². The minimum absolute atomic E-state index is 0.290. The Kier molecular flexibility index (Phi) is 5.58. The normalized spacial score (nSPS) is 11.0. The van der Waals surface area contributed by atoms with Crippen LogP contribution in [0.4, 0.5) is 5.69 Å². The molecular weight excluding hydrogens is 274 g/mol. The van der Waals surface area contributed by atoms with E-state index in [1.54, 1.807) is 0 Å². The molecule has 0 aromatic heterocycles. The van der Waals surface area contributed by atoms with Crippen LogP contribution in [-0.2, 0) is 12.8 Å². The highest BCUT2D eigenvalue weighted by Gasteiger charge is 2.10. The minimum atomic E-state index is -0.290. The molecule has 0 aliphatic rings. The summed E-state index contributed by atoms with van der Waals surface area (Å²) in [6.07, 6.45) is 1.83. The van der Waals surface area contributed by atoms with E-state index < -0.39 is 0 Å². The second-order valence-corrected chi connectivity index (χ2v) is 6.00. The quantitative estimate of drug-likeness (QED) is 0.805. The number of aliphatic hydroxyl groups is 1. The number of quaternary nitrogens is 1. The summed E-state index contributed by atoms with van der Waals surface area (Å²) in [4.78, 5) is 0. The molecule has 0 saturated carbocycles. The van der Waals surface area contributed by atoms with E-state index in [1.807, 2.05) is 12.1 Å². The number of aryl methyl sites for hydroxylation is 2. The minimum Gasteiger partial charge on any atom is -0.467 e. The number of benzene rings is 2. The van der Waals surface area contributed by atoms with Crippen molar-refractivity contribution in [2.75, 3.05) is 6.79 Å². The Morgan fingerprint density at radius 3 is 2.50 bits per heavy atom. The molecule has 0 aliphatic heterocycles. The van der Waals surface area contributed by atoms with Gasteiger partial charge in [0, 0.05) is 5.56 Å². The van der Waals surface area contributed by atoms with Crippen molar-refractivity contribution >= 4 is 5.69 Å². The fourth-order valence-corrected chi connectivity index (χ4v) is 2.62. The lowest BCUT2D eigenvalue weighted by molar-refractivity contribution is -0.255. The molecule has 0 saturated heterocycles. The number of hydrogen-bond acceptors (Lipinski definition) is 2. The van der Waals surface area contributed by atoms with E-state index in [9.17, 15) is 0 Å². The van der Waals surface area contributed by atoms with Gasteiger partial charge in [-0.05, 0) is 54.5 Å². The van der Waals surface area contributed by atoms with Crippen molar-refractivity contribution in [3.8, 4) is 5.75 Å². The first kappa shape index (κ1) is 16.5. The molecule has 0 aliphatic carbocycles. The van der Waals surface area contributed by atoms with Gasteiger partial charge in [-0.25, -0.2) is 0 Å². The van der Waals surface area contributed by atoms with Crippen LogP contribution >= 0.6 is 0 Å². The molecule has 0 heterocycles. The Morgan fingerprint density at radius 1 is 1.09 bits per heavy atom. The van der Waals surface area contributed by atoms with Crippen molar-refractivity contribution in [1.29, 1.82) is 0 Å². The molecule has 4 N–H and O–H groups in total. The molecule has 2 rings (SSSR count). The van der Waals surface area contributed by atoms with Gasteiger partial charge in [-0.15, -0.1) is 0 Å². The van der Waals surface area contributed by atoms with Gasteiger partial charge >= 0.3 is 0 Å². The molecule has 0 amide bonds. The number of aliphatic hydroxyl groups excluding tert-OH is 1. The van der Waals surface area contributed by atoms with E-state index in [-0.39, 0.29) is 6.79 Å². The van der Waals surface area contributed by atoms with Crippen molar-refractivity contribution in [2.45, 2.75) is 39.5 Å². The number of ether oxygens (including phenoxy) is 1. The summed E-state index contributed by atoms with van der Waals surface area (Å²) in [7, 11) is 0. The van der Waals surface area contributed by atoms with Crippen molar-refractivity contribution in [1.82, 2.24) is 0 Å². The third-order valence-corrected chi connectivity index (χ3v) is 4.20. The van der Waals surface area contributed by atoms with Crippen LogP contribution in [0.15, 0.2) is 36.4 Å². The molecule has 3 heteroatoms. The van der Waals surface area contributed by atoms with Gasteiger partial charge in [-0.1, -0.05) is 38.1 Å². The smallest absolute Gasteiger partial charge is 0.186 e. The molecule has 2 aromatic rings. The third kappa shape index (κ3) is 3.87. The van der Waals surface area contributed by atoms with E-state index in [1.165, 1.54) is 16.7 Å². The molecule has 0 unspecified atom stereocenters. The highest BCUT2D eigenvalue weighted by atomic mass is 16.6. The maximum Gasteiger partial charge on any atom is 0.186 e. The summed E-state index contributed by atoms with van der Waals surface area (Å²) < 4.78 is 5.41. The average Bonchev–Trinajstić information content (AvgIpc) is 2.50. The highest BCUT2D eigenvalue weighted by Crippen LogP contribution is 2.27. The van der Waals surface area contributed by atoms with E-state index in [0.29, 0.717) is 5.92 Å². The predicted molar refractivity (Wildman–Crippen MR) is 89.4 cm³/mol. The molecule has 3 nitrogen and oxygen atoms in total. The van der Waals surface area contributed by atoms with Crippen molar-refractivity contribution in [3.63, 3.8) is 0 Å². The molecule has 2 aromatic carbocycles. The molecular formula is C19H26NO2+.